The lowest BCUT2D eigenvalue weighted by Crippen LogP contribution is -2.27. The van der Waals surface area contributed by atoms with Gasteiger partial charge in [0, 0.05) is 0 Å². The van der Waals surface area contributed by atoms with Crippen LogP contribution in [0.4, 0.5) is 0 Å². The van der Waals surface area contributed by atoms with Crippen molar-refractivity contribution in [3.63, 3.8) is 0 Å². The molecule has 0 bridgehead atoms. The van der Waals surface area contributed by atoms with E-state index in [4.69, 9.17) is 9.84 Å². The lowest BCUT2D eigenvalue weighted by atomic mass is 9.92. The molecule has 1 fully saturated rings. The van der Waals surface area contributed by atoms with E-state index in [1.165, 1.54) is 12.8 Å². The highest BCUT2D eigenvalue weighted by atomic mass is 16.5. The Bertz CT molecular complexity index is 162. The van der Waals surface area contributed by atoms with Crippen molar-refractivity contribution in [3.8, 4) is 0 Å². The monoisotopic (exact) mass is 186 g/mol. The van der Waals surface area contributed by atoms with Gasteiger partial charge in [0.15, 0.2) is 0 Å². The number of hydrogen-bond donors (Lipinski definition) is 1. The Morgan fingerprint density at radius 3 is 2.62 bits per heavy atom. The highest BCUT2D eigenvalue weighted by molar-refractivity contribution is 5.72. The van der Waals surface area contributed by atoms with E-state index in [2.05, 4.69) is 0 Å². The number of hydrogen-bond acceptors (Lipinski definition) is 3. The van der Waals surface area contributed by atoms with Crippen molar-refractivity contribution in [3.05, 3.63) is 0 Å². The molecule has 0 aromatic heterocycles. The van der Waals surface area contributed by atoms with Gasteiger partial charge in [-0.25, -0.2) is 0 Å². The molecule has 3 nitrogen and oxygen atoms in total. The van der Waals surface area contributed by atoms with E-state index in [1.807, 2.05) is 0 Å². The first-order valence-corrected chi connectivity index (χ1v) is 5.07. The van der Waals surface area contributed by atoms with Crippen LogP contribution in [-0.4, -0.2) is 24.3 Å². The van der Waals surface area contributed by atoms with Crippen LogP contribution in [0, 0.1) is 11.8 Å². The maximum Gasteiger partial charge on any atom is 0.311 e. The minimum Gasteiger partial charge on any atom is -0.466 e. The third kappa shape index (κ3) is 2.69. The van der Waals surface area contributed by atoms with Gasteiger partial charge in [-0.05, 0) is 25.7 Å². The molecule has 1 saturated carbocycles. The Morgan fingerprint density at radius 2 is 2.15 bits per heavy atom. The van der Waals surface area contributed by atoms with Crippen LogP contribution in [-0.2, 0) is 9.53 Å². The normalized spacial score (nSPS) is 20.2. The quantitative estimate of drug-likeness (QED) is 0.674. The average molecular weight is 186 g/mol. The molecule has 0 heterocycles. The van der Waals surface area contributed by atoms with Crippen molar-refractivity contribution in [2.75, 3.05) is 13.2 Å². The number of ether oxygens (including phenoxy) is 1. The summed E-state index contributed by atoms with van der Waals surface area (Å²) in [6.45, 7) is 2.13. The molecule has 0 saturated heterocycles. The molecule has 0 aromatic rings. The van der Waals surface area contributed by atoms with Gasteiger partial charge in [0.05, 0.1) is 19.1 Å². The molecule has 1 N–H and O–H groups in total. The molecule has 0 radical (unpaired) electrons. The molecule has 1 atom stereocenters. The fraction of sp³-hybridized carbons (Fsp3) is 0.900. The molecular formula is C10H18O3. The first-order chi connectivity index (χ1) is 6.29. The van der Waals surface area contributed by atoms with Crippen LogP contribution < -0.4 is 0 Å². The molecule has 0 amide bonds. The van der Waals surface area contributed by atoms with Gasteiger partial charge in [-0.3, -0.25) is 4.79 Å². The van der Waals surface area contributed by atoms with Crippen molar-refractivity contribution < 1.29 is 14.6 Å². The van der Waals surface area contributed by atoms with Crippen LogP contribution in [0.25, 0.3) is 0 Å². The van der Waals surface area contributed by atoms with Gasteiger partial charge in [-0.1, -0.05) is 12.8 Å². The maximum absolute atomic E-state index is 11.4. The third-order valence-electron chi connectivity index (χ3n) is 2.75. The zero-order valence-electron chi connectivity index (χ0n) is 8.16. The number of esters is 1. The molecule has 1 aliphatic carbocycles. The molecular weight excluding hydrogens is 168 g/mol. The minimum absolute atomic E-state index is 0.0660. The van der Waals surface area contributed by atoms with Crippen molar-refractivity contribution in [2.45, 2.75) is 32.6 Å². The standard InChI is InChI=1S/C10H18O3/c1-2-13-10(12)9(7-11)8-5-3-4-6-8/h8-9,11H,2-7H2,1H3/t9-/m1/s1. The second-order valence-electron chi connectivity index (χ2n) is 3.59. The number of aliphatic hydroxyl groups is 1. The molecule has 1 aliphatic rings. The summed E-state index contributed by atoms with van der Waals surface area (Å²) in [5, 5.41) is 9.08. The summed E-state index contributed by atoms with van der Waals surface area (Å²) in [4.78, 5) is 11.4. The predicted octanol–water partition coefficient (Wildman–Crippen LogP) is 1.35. The van der Waals surface area contributed by atoms with Gasteiger partial charge in [-0.15, -0.1) is 0 Å². The van der Waals surface area contributed by atoms with Gasteiger partial charge in [0.2, 0.25) is 0 Å². The Kier molecular flexibility index (Phi) is 4.22. The van der Waals surface area contributed by atoms with Crippen LogP contribution >= 0.6 is 0 Å². The summed E-state index contributed by atoms with van der Waals surface area (Å²) in [7, 11) is 0. The summed E-state index contributed by atoms with van der Waals surface area (Å²) >= 11 is 0. The van der Waals surface area contributed by atoms with Crippen molar-refractivity contribution >= 4 is 5.97 Å². The van der Waals surface area contributed by atoms with Crippen LogP contribution in [0.5, 0.6) is 0 Å². The Hall–Kier alpha value is -0.570. The van der Waals surface area contributed by atoms with Gasteiger partial charge in [0.1, 0.15) is 0 Å². The summed E-state index contributed by atoms with van der Waals surface area (Å²) in [6, 6.07) is 0. The van der Waals surface area contributed by atoms with Gasteiger partial charge in [0.25, 0.3) is 0 Å². The van der Waals surface area contributed by atoms with Crippen LogP contribution in [0.1, 0.15) is 32.6 Å². The van der Waals surface area contributed by atoms with Crippen LogP contribution in [0.2, 0.25) is 0 Å². The molecule has 13 heavy (non-hydrogen) atoms. The average Bonchev–Trinajstić information content (AvgIpc) is 2.59. The summed E-state index contributed by atoms with van der Waals surface area (Å²) in [5.41, 5.74) is 0. The Labute approximate surface area is 79.1 Å². The molecule has 0 unspecified atom stereocenters. The third-order valence-corrected chi connectivity index (χ3v) is 2.75. The second-order valence-corrected chi connectivity index (χ2v) is 3.59. The second kappa shape index (κ2) is 5.22. The zero-order chi connectivity index (χ0) is 9.68. The number of aliphatic hydroxyl groups excluding tert-OH is 1. The largest absolute Gasteiger partial charge is 0.466 e. The highest BCUT2D eigenvalue weighted by Gasteiger charge is 2.30. The molecule has 0 aliphatic heterocycles. The summed E-state index contributed by atoms with van der Waals surface area (Å²) in [6.07, 6.45) is 4.48. The lowest BCUT2D eigenvalue weighted by molar-refractivity contribution is -0.151. The van der Waals surface area contributed by atoms with Gasteiger partial charge in [-0.2, -0.15) is 0 Å². The molecule has 1 rings (SSSR count). The fourth-order valence-electron chi connectivity index (χ4n) is 2.03. The van der Waals surface area contributed by atoms with Crippen LogP contribution in [0.15, 0.2) is 0 Å². The lowest BCUT2D eigenvalue weighted by Gasteiger charge is -2.18. The molecule has 3 heteroatoms. The SMILES string of the molecule is CCOC(=O)[C@H](CO)C1CCCC1. The van der Waals surface area contributed by atoms with E-state index < -0.39 is 0 Å². The minimum atomic E-state index is -0.276. The van der Waals surface area contributed by atoms with Crippen molar-refractivity contribution in [1.29, 1.82) is 0 Å². The van der Waals surface area contributed by atoms with Gasteiger partial charge < -0.3 is 9.84 Å². The van der Waals surface area contributed by atoms with Crippen LogP contribution in [0.3, 0.4) is 0 Å². The van der Waals surface area contributed by atoms with E-state index in [9.17, 15) is 4.79 Å². The van der Waals surface area contributed by atoms with Crippen molar-refractivity contribution in [2.24, 2.45) is 11.8 Å². The first-order valence-electron chi connectivity index (χ1n) is 5.07. The van der Waals surface area contributed by atoms with Crippen molar-refractivity contribution in [1.82, 2.24) is 0 Å². The maximum atomic E-state index is 11.4. The smallest absolute Gasteiger partial charge is 0.311 e. The van der Waals surface area contributed by atoms with E-state index >= 15 is 0 Å². The summed E-state index contributed by atoms with van der Waals surface area (Å²) in [5.74, 6) is -0.150. The molecule has 0 spiro atoms. The predicted molar refractivity (Wildman–Crippen MR) is 49.2 cm³/mol. The summed E-state index contributed by atoms with van der Waals surface area (Å²) < 4.78 is 4.91. The Morgan fingerprint density at radius 1 is 1.54 bits per heavy atom. The molecule has 76 valence electrons. The topological polar surface area (TPSA) is 46.5 Å². The van der Waals surface area contributed by atoms with E-state index in [0.717, 1.165) is 12.8 Å². The number of carbonyl (C=O) groups is 1. The molecule has 0 aromatic carbocycles. The van der Waals surface area contributed by atoms with Gasteiger partial charge >= 0.3 is 5.97 Å². The van der Waals surface area contributed by atoms with E-state index in [-0.39, 0.29) is 18.5 Å². The van der Waals surface area contributed by atoms with E-state index in [0.29, 0.717) is 12.5 Å². The zero-order valence-corrected chi connectivity index (χ0v) is 8.16. The Balaban J connectivity index is 2.44. The fourth-order valence-corrected chi connectivity index (χ4v) is 2.03. The number of rotatable bonds is 4. The number of carbonyl (C=O) groups excluding carboxylic acids is 1. The first kappa shape index (κ1) is 10.5. The van der Waals surface area contributed by atoms with E-state index in [1.54, 1.807) is 6.92 Å². The highest BCUT2D eigenvalue weighted by Crippen LogP contribution is 2.31.